The average Bonchev–Trinajstić information content (AvgIpc) is 2.96. The summed E-state index contributed by atoms with van der Waals surface area (Å²) in [6.45, 7) is 11.5. The molecule has 1 aromatic carbocycles. The van der Waals surface area contributed by atoms with Gasteiger partial charge in [-0.2, -0.15) is 0 Å². The van der Waals surface area contributed by atoms with Crippen LogP contribution in [0.15, 0.2) is 18.2 Å². The van der Waals surface area contributed by atoms with Gasteiger partial charge in [0.05, 0.1) is 18.1 Å². The number of imidazole rings is 1. The smallest absolute Gasteiger partial charge is 0.234 e. The van der Waals surface area contributed by atoms with Gasteiger partial charge in [0.1, 0.15) is 5.75 Å². The van der Waals surface area contributed by atoms with E-state index in [-0.39, 0.29) is 11.3 Å². The first-order valence-corrected chi connectivity index (χ1v) is 10.1. The third-order valence-corrected chi connectivity index (χ3v) is 4.74. The van der Waals surface area contributed by atoms with Crippen molar-refractivity contribution in [2.24, 2.45) is 11.3 Å². The van der Waals surface area contributed by atoms with Crippen LogP contribution in [0.3, 0.4) is 0 Å². The molecule has 0 aliphatic carbocycles. The summed E-state index contributed by atoms with van der Waals surface area (Å²) in [7, 11) is 1.64. The predicted molar refractivity (Wildman–Crippen MR) is 113 cm³/mol. The molecule has 0 saturated carbocycles. The molecule has 0 bridgehead atoms. The van der Waals surface area contributed by atoms with E-state index < -0.39 is 0 Å². The lowest BCUT2D eigenvalue weighted by Crippen LogP contribution is -2.23. The van der Waals surface area contributed by atoms with Crippen LogP contribution in [-0.2, 0) is 0 Å². The number of carbonyl (C=O) groups excluding carboxylic acids is 1. The minimum Gasteiger partial charge on any atom is -0.497 e. The molecule has 1 N–H and O–H groups in total. The number of nitrogens with zero attached hydrogens (tertiary/aromatic N) is 2. The first-order valence-electron chi connectivity index (χ1n) is 10.1. The van der Waals surface area contributed by atoms with E-state index in [1.807, 2.05) is 18.2 Å². The third-order valence-electron chi connectivity index (χ3n) is 4.74. The number of nitrogens with one attached hydrogen (secondary N) is 1. The zero-order valence-corrected chi connectivity index (χ0v) is 17.8. The monoisotopic (exact) mass is 373 g/mol. The maximum Gasteiger partial charge on any atom is 0.234 e. The predicted octanol–water partition coefficient (Wildman–Crippen LogP) is 5.75. The second kappa shape index (κ2) is 9.25. The Morgan fingerprint density at radius 1 is 1.22 bits per heavy atom. The molecule has 0 saturated heterocycles. The van der Waals surface area contributed by atoms with Gasteiger partial charge in [-0.3, -0.25) is 4.79 Å². The second-order valence-corrected chi connectivity index (χ2v) is 8.58. The number of benzene rings is 1. The molecule has 0 fully saturated rings. The zero-order valence-electron chi connectivity index (χ0n) is 17.8. The Balaban J connectivity index is 2.38. The van der Waals surface area contributed by atoms with Crippen molar-refractivity contribution in [2.75, 3.05) is 19.0 Å². The average molecular weight is 374 g/mol. The van der Waals surface area contributed by atoms with Crippen LogP contribution in [0.1, 0.15) is 71.5 Å². The van der Waals surface area contributed by atoms with Gasteiger partial charge in [0.2, 0.25) is 11.9 Å². The van der Waals surface area contributed by atoms with Gasteiger partial charge in [-0.25, -0.2) is 9.55 Å². The molecule has 0 aliphatic heterocycles. The maximum atomic E-state index is 13.1. The Bertz CT molecular complexity index is 753. The van der Waals surface area contributed by atoms with Crippen LogP contribution in [0.25, 0.3) is 11.0 Å². The Morgan fingerprint density at radius 3 is 2.44 bits per heavy atom. The standard InChI is InChI=1S/C22H35N3O2/c1-7-9-16(10-8-2)15-23-21-24-18-12-11-17(27-6)13-19(18)25(21)20(26)14-22(3,4)5/h11-13,16H,7-10,14-15H2,1-6H3,(H,23,24). The lowest BCUT2D eigenvalue weighted by Gasteiger charge is -2.20. The van der Waals surface area contributed by atoms with Crippen LogP contribution in [0.4, 0.5) is 5.95 Å². The SMILES string of the molecule is CCCC(CCC)CNc1nc2ccc(OC)cc2n1C(=O)CC(C)(C)C. The highest BCUT2D eigenvalue weighted by molar-refractivity contribution is 5.94. The molecule has 0 aliphatic rings. The lowest BCUT2D eigenvalue weighted by atomic mass is 9.92. The topological polar surface area (TPSA) is 56.2 Å². The van der Waals surface area contributed by atoms with Crippen molar-refractivity contribution in [1.29, 1.82) is 0 Å². The molecule has 1 heterocycles. The van der Waals surface area contributed by atoms with Crippen molar-refractivity contribution in [1.82, 2.24) is 9.55 Å². The van der Waals surface area contributed by atoms with E-state index in [9.17, 15) is 4.79 Å². The minimum absolute atomic E-state index is 0.0586. The number of ether oxygens (including phenoxy) is 1. The van der Waals surface area contributed by atoms with Crippen LogP contribution in [-0.4, -0.2) is 29.1 Å². The summed E-state index contributed by atoms with van der Waals surface area (Å²) in [5.74, 6) is 2.03. The zero-order chi connectivity index (χ0) is 20.0. The van der Waals surface area contributed by atoms with Crippen molar-refractivity contribution in [3.05, 3.63) is 18.2 Å². The van der Waals surface area contributed by atoms with E-state index in [0.717, 1.165) is 23.3 Å². The quantitative estimate of drug-likeness (QED) is 0.608. The molecule has 0 unspecified atom stereocenters. The lowest BCUT2D eigenvalue weighted by molar-refractivity contribution is 0.0864. The summed E-state index contributed by atoms with van der Waals surface area (Å²) in [4.78, 5) is 17.8. The molecule has 150 valence electrons. The fourth-order valence-corrected chi connectivity index (χ4v) is 3.49. The molecule has 0 spiro atoms. The second-order valence-electron chi connectivity index (χ2n) is 8.58. The molecule has 0 radical (unpaired) electrons. The molecular weight excluding hydrogens is 338 g/mol. The molecular formula is C22H35N3O2. The number of methoxy groups -OCH3 is 1. The van der Waals surface area contributed by atoms with Gasteiger partial charge in [-0.05, 0) is 36.3 Å². The minimum atomic E-state index is -0.0865. The van der Waals surface area contributed by atoms with Gasteiger partial charge in [-0.1, -0.05) is 47.5 Å². The molecule has 0 amide bonds. The Morgan fingerprint density at radius 2 is 1.89 bits per heavy atom. The number of carbonyl (C=O) groups is 1. The molecule has 5 heteroatoms. The van der Waals surface area contributed by atoms with Crippen molar-refractivity contribution in [2.45, 2.75) is 66.7 Å². The Labute approximate surface area is 163 Å². The van der Waals surface area contributed by atoms with E-state index >= 15 is 0 Å². The summed E-state index contributed by atoms with van der Waals surface area (Å²) in [5.41, 5.74) is 1.52. The van der Waals surface area contributed by atoms with E-state index in [2.05, 4.69) is 39.9 Å². The normalized spacial score (nSPS) is 12.0. The number of aromatic nitrogens is 2. The van der Waals surface area contributed by atoms with Gasteiger partial charge in [0.25, 0.3) is 0 Å². The molecule has 1 aromatic heterocycles. The molecule has 2 rings (SSSR count). The van der Waals surface area contributed by atoms with Gasteiger partial charge in [0.15, 0.2) is 0 Å². The van der Waals surface area contributed by atoms with Gasteiger partial charge in [-0.15, -0.1) is 0 Å². The summed E-state index contributed by atoms with van der Waals surface area (Å²) in [6, 6.07) is 5.69. The highest BCUT2D eigenvalue weighted by Crippen LogP contribution is 2.28. The fraction of sp³-hybridized carbons (Fsp3) is 0.636. The number of fused-ring (bicyclic) bond motifs is 1. The van der Waals surface area contributed by atoms with Gasteiger partial charge >= 0.3 is 0 Å². The van der Waals surface area contributed by atoms with Crippen LogP contribution < -0.4 is 10.1 Å². The number of hydrogen-bond acceptors (Lipinski definition) is 4. The molecule has 27 heavy (non-hydrogen) atoms. The number of rotatable bonds is 9. The van der Waals surface area contributed by atoms with Crippen molar-refractivity contribution in [3.8, 4) is 5.75 Å². The van der Waals surface area contributed by atoms with Gasteiger partial charge in [0, 0.05) is 19.0 Å². The maximum absolute atomic E-state index is 13.1. The van der Waals surface area contributed by atoms with E-state index in [1.54, 1.807) is 11.7 Å². The van der Waals surface area contributed by atoms with Crippen LogP contribution in [0, 0.1) is 11.3 Å². The van der Waals surface area contributed by atoms with Crippen LogP contribution in [0.5, 0.6) is 5.75 Å². The number of hydrogen-bond donors (Lipinski definition) is 1. The Hall–Kier alpha value is -2.04. The van der Waals surface area contributed by atoms with E-state index in [0.29, 0.717) is 18.3 Å². The van der Waals surface area contributed by atoms with Crippen molar-refractivity contribution >= 4 is 22.9 Å². The van der Waals surface area contributed by atoms with Crippen molar-refractivity contribution < 1.29 is 9.53 Å². The molecule has 2 aromatic rings. The Kier molecular flexibility index (Phi) is 7.28. The summed E-state index contributed by atoms with van der Waals surface area (Å²) >= 11 is 0. The van der Waals surface area contributed by atoms with Gasteiger partial charge < -0.3 is 10.1 Å². The molecule has 5 nitrogen and oxygen atoms in total. The van der Waals surface area contributed by atoms with E-state index in [4.69, 9.17) is 9.72 Å². The first-order chi connectivity index (χ1) is 12.8. The number of anilines is 1. The third kappa shape index (κ3) is 5.72. The first kappa shape index (κ1) is 21.3. The largest absolute Gasteiger partial charge is 0.497 e. The molecule has 0 atom stereocenters. The highest BCUT2D eigenvalue weighted by Gasteiger charge is 2.23. The van der Waals surface area contributed by atoms with E-state index in [1.165, 1.54) is 25.7 Å². The summed E-state index contributed by atoms with van der Waals surface area (Å²) in [6.07, 6.45) is 5.17. The van der Waals surface area contributed by atoms with Crippen LogP contribution in [0.2, 0.25) is 0 Å². The van der Waals surface area contributed by atoms with Crippen LogP contribution >= 0.6 is 0 Å². The highest BCUT2D eigenvalue weighted by atomic mass is 16.5. The van der Waals surface area contributed by atoms with Crippen molar-refractivity contribution in [3.63, 3.8) is 0 Å². The summed E-state index contributed by atoms with van der Waals surface area (Å²) < 4.78 is 7.09. The fourth-order valence-electron chi connectivity index (χ4n) is 3.49. The summed E-state index contributed by atoms with van der Waals surface area (Å²) in [5, 5.41) is 3.47.